The molecule has 0 atom stereocenters. The van der Waals surface area contributed by atoms with Crippen molar-refractivity contribution in [3.63, 3.8) is 0 Å². The molecule has 1 aliphatic carbocycles. The van der Waals surface area contributed by atoms with Gasteiger partial charge in [-0.2, -0.15) is 0 Å². The largest absolute Gasteiger partial charge is 0.504 e. The molecule has 0 radical (unpaired) electrons. The number of methoxy groups -OCH3 is 2. The van der Waals surface area contributed by atoms with E-state index in [0.29, 0.717) is 129 Å². The molecule has 1 aliphatic rings. The number of anilines is 1. The molecule has 0 aliphatic heterocycles. The Labute approximate surface area is 341 Å². The van der Waals surface area contributed by atoms with Crippen LogP contribution in [-0.2, 0) is 54.6 Å². The van der Waals surface area contributed by atoms with E-state index >= 15 is 4.79 Å². The van der Waals surface area contributed by atoms with Crippen molar-refractivity contribution < 1.29 is 53.7 Å². The fourth-order valence-corrected chi connectivity index (χ4v) is 8.40. The van der Waals surface area contributed by atoms with E-state index in [1.54, 1.807) is 6.07 Å². The second-order valence-corrected chi connectivity index (χ2v) is 14.9. The van der Waals surface area contributed by atoms with Crippen molar-refractivity contribution in [1.29, 1.82) is 0 Å². The molecule has 0 aromatic heterocycles. The van der Waals surface area contributed by atoms with Crippen molar-refractivity contribution in [2.45, 2.75) is 77.9 Å². The third-order valence-corrected chi connectivity index (χ3v) is 11.0. The monoisotopic (exact) mass is 815 g/mol. The SMILES string of the molecule is COCCOC(=O)CCOCCCc1c2c3c4c(c(OC)c(O)c5c(=O)cc(CO)c(c6c(CO)cc(NCCCCCC(=O)OCCCO)c(c1=O)c63)c54)CC(C)=C2. The van der Waals surface area contributed by atoms with Crippen molar-refractivity contribution >= 4 is 66.8 Å². The van der Waals surface area contributed by atoms with E-state index < -0.39 is 24.6 Å². The van der Waals surface area contributed by atoms with E-state index in [1.807, 2.05) is 13.0 Å². The summed E-state index contributed by atoms with van der Waals surface area (Å²) in [5, 5.41) is 49.5. The lowest BCUT2D eigenvalue weighted by Gasteiger charge is -2.25. The predicted molar refractivity (Wildman–Crippen MR) is 225 cm³/mol. The minimum Gasteiger partial charge on any atom is -0.504 e. The van der Waals surface area contributed by atoms with Gasteiger partial charge in [-0.05, 0) is 89.4 Å². The van der Waals surface area contributed by atoms with Crippen LogP contribution in [-0.4, -0.2) is 92.8 Å². The molecule has 5 aromatic carbocycles. The summed E-state index contributed by atoms with van der Waals surface area (Å²) in [5.41, 5.74) is 3.27. The maximum atomic E-state index is 15.1. The number of nitrogens with one attached hydrogen (secondary N) is 1. The van der Waals surface area contributed by atoms with E-state index in [4.69, 9.17) is 28.8 Å². The number of phenolic OH excluding ortho intramolecular Hbond substituents is 1. The van der Waals surface area contributed by atoms with Gasteiger partial charge in [-0.15, -0.1) is 0 Å². The number of benzene rings is 5. The fraction of sp³-hybridized carbons (Fsp3) is 0.467. The van der Waals surface area contributed by atoms with Gasteiger partial charge in [0.25, 0.3) is 0 Å². The molecule has 14 heteroatoms. The first-order chi connectivity index (χ1) is 28.6. The fourth-order valence-electron chi connectivity index (χ4n) is 8.40. The highest BCUT2D eigenvalue weighted by Gasteiger charge is 2.32. The number of aromatic hydroxyl groups is 1. The van der Waals surface area contributed by atoms with E-state index in [-0.39, 0.29) is 74.2 Å². The second-order valence-electron chi connectivity index (χ2n) is 14.9. The summed E-state index contributed by atoms with van der Waals surface area (Å²) >= 11 is 0. The molecule has 316 valence electrons. The van der Waals surface area contributed by atoms with Crippen molar-refractivity contribution in [2.75, 3.05) is 65.7 Å². The van der Waals surface area contributed by atoms with E-state index in [2.05, 4.69) is 5.32 Å². The predicted octanol–water partition coefficient (Wildman–Crippen LogP) is 4.98. The summed E-state index contributed by atoms with van der Waals surface area (Å²) in [6, 6.07) is 3.04. The second kappa shape index (κ2) is 19.8. The Morgan fingerprint density at radius 3 is 2.15 bits per heavy atom. The molecule has 59 heavy (non-hydrogen) atoms. The first-order valence-corrected chi connectivity index (χ1v) is 20.2. The molecule has 0 bridgehead atoms. The summed E-state index contributed by atoms with van der Waals surface area (Å²) < 4.78 is 26.8. The number of aliphatic hydroxyl groups is 3. The number of carbonyl (C=O) groups is 2. The first-order valence-electron chi connectivity index (χ1n) is 20.2. The van der Waals surface area contributed by atoms with Gasteiger partial charge in [0.15, 0.2) is 22.4 Å². The highest BCUT2D eigenvalue weighted by molar-refractivity contribution is 6.38. The molecule has 0 saturated carbocycles. The van der Waals surface area contributed by atoms with Crippen LogP contribution in [0.15, 0.2) is 27.3 Å². The van der Waals surface area contributed by atoms with Crippen LogP contribution in [0.2, 0.25) is 0 Å². The molecule has 5 aromatic rings. The Balaban J connectivity index is 1.49. The number of esters is 2. The zero-order chi connectivity index (χ0) is 42.2. The standard InChI is InChI=1S/C45H53NO13/c1-25-19-29-28(9-7-14-57-16-11-34(52)59-18-17-55-2)43(53)39-31(46-12-6-4-5-10-33(51)58-15-8-13-47)21-26(23-48)35-36-27(24-49)22-32(50)40-42(36)38(37(29)41(35)39)30(20-25)45(56-3)44(40)54/h19,21-22,46-49,54H,4-18,20,23-24H2,1-3H3. The highest BCUT2D eigenvalue weighted by Crippen LogP contribution is 2.53. The van der Waals surface area contributed by atoms with Gasteiger partial charge >= 0.3 is 11.9 Å². The van der Waals surface area contributed by atoms with Crippen LogP contribution in [0.25, 0.3) is 49.2 Å². The summed E-state index contributed by atoms with van der Waals surface area (Å²) in [6.07, 6.45) is 5.74. The van der Waals surface area contributed by atoms with Gasteiger partial charge < -0.3 is 49.4 Å². The van der Waals surface area contributed by atoms with Crippen molar-refractivity contribution in [1.82, 2.24) is 0 Å². The number of hydrogen-bond acceptors (Lipinski definition) is 14. The van der Waals surface area contributed by atoms with Crippen molar-refractivity contribution in [3.8, 4) is 11.5 Å². The van der Waals surface area contributed by atoms with E-state index in [0.717, 1.165) is 5.57 Å². The lowest BCUT2D eigenvalue weighted by atomic mass is 9.80. The molecule has 5 N–H and O–H groups in total. The maximum Gasteiger partial charge on any atom is 0.308 e. The summed E-state index contributed by atoms with van der Waals surface area (Å²) in [5.74, 6) is -0.873. The molecule has 0 fully saturated rings. The lowest BCUT2D eigenvalue weighted by Crippen LogP contribution is -2.17. The molecule has 14 nitrogen and oxygen atoms in total. The number of unbranched alkanes of at least 4 members (excludes halogenated alkanes) is 2. The van der Waals surface area contributed by atoms with Gasteiger partial charge in [0, 0.05) is 67.3 Å². The van der Waals surface area contributed by atoms with Gasteiger partial charge in [0.2, 0.25) is 0 Å². The van der Waals surface area contributed by atoms with Crippen LogP contribution < -0.4 is 20.9 Å². The Kier molecular flexibility index (Phi) is 14.6. The summed E-state index contributed by atoms with van der Waals surface area (Å²) in [6.45, 7) is 2.45. The van der Waals surface area contributed by atoms with Gasteiger partial charge in [-0.25, -0.2) is 0 Å². The van der Waals surface area contributed by atoms with Crippen LogP contribution >= 0.6 is 0 Å². The number of phenols is 1. The minimum absolute atomic E-state index is 0.0300. The number of hydrogen-bond donors (Lipinski definition) is 5. The van der Waals surface area contributed by atoms with Gasteiger partial charge in [-0.3, -0.25) is 19.2 Å². The molecule has 0 spiro atoms. The van der Waals surface area contributed by atoms with E-state index in [1.165, 1.54) is 20.3 Å². The number of rotatable bonds is 23. The van der Waals surface area contributed by atoms with Gasteiger partial charge in [0.05, 0.1) is 57.3 Å². The molecular formula is C45H53NO13. The van der Waals surface area contributed by atoms with Crippen LogP contribution in [0.4, 0.5) is 5.69 Å². The summed E-state index contributed by atoms with van der Waals surface area (Å²) in [7, 11) is 2.96. The van der Waals surface area contributed by atoms with Crippen LogP contribution in [0.5, 0.6) is 11.5 Å². The average Bonchev–Trinajstić information content (AvgIpc) is 3.37. The minimum atomic E-state index is -0.504. The number of ether oxygens (including phenoxy) is 5. The Morgan fingerprint density at radius 1 is 0.729 bits per heavy atom. The molecular weight excluding hydrogens is 762 g/mol. The Bertz CT molecular complexity index is 2480. The smallest absolute Gasteiger partial charge is 0.308 e. The zero-order valence-corrected chi connectivity index (χ0v) is 33.9. The molecule has 0 saturated heterocycles. The maximum absolute atomic E-state index is 15.1. The quantitative estimate of drug-likeness (QED) is 0.0255. The lowest BCUT2D eigenvalue weighted by molar-refractivity contribution is -0.146. The van der Waals surface area contributed by atoms with Gasteiger partial charge in [-0.1, -0.05) is 18.1 Å². The normalized spacial score (nSPS) is 12.5. The Hall–Kier alpha value is -5.12. The highest BCUT2D eigenvalue weighted by atomic mass is 16.6. The first kappa shape index (κ1) is 43.5. The molecule has 0 heterocycles. The third kappa shape index (κ3) is 8.78. The van der Waals surface area contributed by atoms with Crippen LogP contribution in [0.1, 0.15) is 79.7 Å². The number of carbonyl (C=O) groups excluding carboxylic acids is 2. The third-order valence-electron chi connectivity index (χ3n) is 11.0. The van der Waals surface area contributed by atoms with Crippen molar-refractivity contribution in [2.24, 2.45) is 0 Å². The number of aliphatic hydroxyl groups excluding tert-OH is 3. The average molecular weight is 816 g/mol. The van der Waals surface area contributed by atoms with Gasteiger partial charge in [0.1, 0.15) is 6.61 Å². The van der Waals surface area contributed by atoms with Crippen LogP contribution in [0.3, 0.4) is 0 Å². The van der Waals surface area contributed by atoms with E-state index in [9.17, 15) is 29.7 Å². The molecule has 6 rings (SSSR count). The summed E-state index contributed by atoms with van der Waals surface area (Å²) in [4.78, 5) is 53.1. The number of allylic oxidation sites excluding steroid dienone is 1. The molecule has 0 amide bonds. The number of fused-ring (bicyclic) bond motifs is 1. The zero-order valence-electron chi connectivity index (χ0n) is 33.9. The topological polar surface area (TPSA) is 207 Å². The van der Waals surface area contributed by atoms with Crippen LogP contribution in [0, 0.1) is 0 Å². The Morgan fingerprint density at radius 2 is 1.44 bits per heavy atom. The molecule has 0 unspecified atom stereocenters. The van der Waals surface area contributed by atoms with Crippen molar-refractivity contribution in [3.05, 3.63) is 66.0 Å².